The van der Waals surface area contributed by atoms with Gasteiger partial charge in [-0.25, -0.2) is 9.18 Å². The second kappa shape index (κ2) is 8.45. The number of methoxy groups -OCH3 is 1. The van der Waals surface area contributed by atoms with Crippen LogP contribution in [0.1, 0.15) is 17.3 Å². The fourth-order valence-electron chi connectivity index (χ4n) is 2.11. The number of nitrogens with one attached hydrogen (secondary N) is 1. The Kier molecular flexibility index (Phi) is 6.30. The number of amides is 1. The van der Waals surface area contributed by atoms with E-state index in [1.165, 1.54) is 38.3 Å². The van der Waals surface area contributed by atoms with Crippen LogP contribution in [0.5, 0.6) is 5.75 Å². The van der Waals surface area contributed by atoms with Gasteiger partial charge in [0.25, 0.3) is 11.6 Å². The normalized spacial score (nSPS) is 11.4. The first kappa shape index (κ1) is 20.1. The van der Waals surface area contributed by atoms with E-state index in [4.69, 9.17) is 21.1 Å². The number of benzene rings is 2. The smallest absolute Gasteiger partial charge is 0.343 e. The third-order valence-electron chi connectivity index (χ3n) is 3.47. The van der Waals surface area contributed by atoms with Gasteiger partial charge in [-0.15, -0.1) is 0 Å². The topological polar surface area (TPSA) is 108 Å². The Morgan fingerprint density at radius 3 is 2.59 bits per heavy atom. The molecule has 8 nitrogen and oxygen atoms in total. The summed E-state index contributed by atoms with van der Waals surface area (Å²) in [7, 11) is 1.32. The number of esters is 1. The number of hydrogen-bond donors (Lipinski definition) is 1. The molecule has 0 radical (unpaired) electrons. The van der Waals surface area contributed by atoms with E-state index in [0.717, 1.165) is 12.1 Å². The molecule has 1 amide bonds. The maximum Gasteiger partial charge on any atom is 0.343 e. The quantitative estimate of drug-likeness (QED) is 0.454. The molecular weight excluding hydrogens is 383 g/mol. The van der Waals surface area contributed by atoms with Crippen LogP contribution in [0.25, 0.3) is 0 Å². The van der Waals surface area contributed by atoms with Crippen molar-refractivity contribution in [1.82, 2.24) is 0 Å². The summed E-state index contributed by atoms with van der Waals surface area (Å²) in [5.41, 5.74) is -0.746. The first-order valence-electron chi connectivity index (χ1n) is 7.53. The minimum atomic E-state index is -1.34. The molecule has 0 aromatic heterocycles. The molecule has 0 aliphatic carbocycles. The lowest BCUT2D eigenvalue weighted by Gasteiger charge is -2.15. The van der Waals surface area contributed by atoms with Gasteiger partial charge in [0.2, 0.25) is 0 Å². The molecule has 27 heavy (non-hydrogen) atoms. The van der Waals surface area contributed by atoms with Gasteiger partial charge in [0.15, 0.2) is 6.10 Å². The maximum absolute atomic E-state index is 13.8. The van der Waals surface area contributed by atoms with Crippen LogP contribution in [0.4, 0.5) is 15.8 Å². The SMILES string of the molecule is COc1ccc([N+](=O)[O-])cc1NC(=O)C(C)OC(=O)c1c(F)cccc1Cl. The highest BCUT2D eigenvalue weighted by atomic mass is 35.5. The Balaban J connectivity index is 2.15. The number of anilines is 1. The number of rotatable bonds is 6. The molecule has 0 aliphatic heterocycles. The second-order valence-corrected chi connectivity index (χ2v) is 5.68. The van der Waals surface area contributed by atoms with E-state index in [1.54, 1.807) is 0 Å². The Hall–Kier alpha value is -3.20. The Labute approximate surface area is 158 Å². The van der Waals surface area contributed by atoms with E-state index in [1.807, 2.05) is 0 Å². The predicted molar refractivity (Wildman–Crippen MR) is 94.6 cm³/mol. The molecule has 0 bridgehead atoms. The minimum absolute atomic E-state index is 0.0172. The summed E-state index contributed by atoms with van der Waals surface area (Å²) < 4.78 is 23.7. The molecule has 2 rings (SSSR count). The van der Waals surface area contributed by atoms with Gasteiger partial charge in [-0.2, -0.15) is 0 Å². The van der Waals surface area contributed by atoms with Crippen LogP contribution < -0.4 is 10.1 Å². The van der Waals surface area contributed by atoms with Crippen LogP contribution in [0.15, 0.2) is 36.4 Å². The third kappa shape index (κ3) is 4.70. The molecule has 1 N–H and O–H groups in total. The molecule has 0 saturated heterocycles. The molecule has 2 aromatic carbocycles. The molecule has 0 heterocycles. The average Bonchev–Trinajstić information content (AvgIpc) is 2.61. The van der Waals surface area contributed by atoms with Crippen molar-refractivity contribution in [3.05, 3.63) is 62.9 Å². The van der Waals surface area contributed by atoms with Gasteiger partial charge in [0.1, 0.15) is 17.1 Å². The van der Waals surface area contributed by atoms with E-state index < -0.39 is 34.3 Å². The van der Waals surface area contributed by atoms with Crippen molar-refractivity contribution in [2.75, 3.05) is 12.4 Å². The number of halogens is 2. The molecule has 0 aliphatic rings. The number of carbonyl (C=O) groups is 2. The van der Waals surface area contributed by atoms with E-state index >= 15 is 0 Å². The van der Waals surface area contributed by atoms with Gasteiger partial charge in [0.05, 0.1) is 22.7 Å². The lowest BCUT2D eigenvalue weighted by molar-refractivity contribution is -0.384. The first-order valence-corrected chi connectivity index (χ1v) is 7.90. The summed E-state index contributed by atoms with van der Waals surface area (Å²) in [5.74, 6) is -2.63. The highest BCUT2D eigenvalue weighted by molar-refractivity contribution is 6.33. The number of nitrogens with zero attached hydrogens (tertiary/aromatic N) is 1. The van der Waals surface area contributed by atoms with Crippen LogP contribution in [0.2, 0.25) is 5.02 Å². The van der Waals surface area contributed by atoms with Gasteiger partial charge < -0.3 is 14.8 Å². The van der Waals surface area contributed by atoms with E-state index in [9.17, 15) is 24.1 Å². The molecule has 0 saturated carbocycles. The molecule has 142 valence electrons. The monoisotopic (exact) mass is 396 g/mol. The Bertz CT molecular complexity index is 885. The summed E-state index contributed by atoms with van der Waals surface area (Å²) in [6.45, 7) is 1.26. The fourth-order valence-corrected chi connectivity index (χ4v) is 2.35. The second-order valence-electron chi connectivity index (χ2n) is 5.28. The number of ether oxygens (including phenoxy) is 2. The van der Waals surface area contributed by atoms with E-state index in [0.29, 0.717) is 0 Å². The van der Waals surface area contributed by atoms with Crippen molar-refractivity contribution in [3.8, 4) is 5.75 Å². The standard InChI is InChI=1S/C17H14ClFN2O6/c1-9(27-17(23)15-11(18)4-3-5-12(15)19)16(22)20-13-8-10(21(24)25)6-7-14(13)26-2/h3-9H,1-2H3,(H,20,22). The zero-order chi connectivity index (χ0) is 20.1. The lowest BCUT2D eigenvalue weighted by Crippen LogP contribution is -2.30. The molecule has 1 atom stereocenters. The Morgan fingerprint density at radius 2 is 2.00 bits per heavy atom. The van der Waals surface area contributed by atoms with Crippen LogP contribution in [-0.2, 0) is 9.53 Å². The summed E-state index contributed by atoms with van der Waals surface area (Å²) in [5, 5.41) is 13.1. The van der Waals surface area contributed by atoms with Gasteiger partial charge in [-0.1, -0.05) is 17.7 Å². The predicted octanol–water partition coefficient (Wildman–Crippen LogP) is 3.58. The number of nitro groups is 1. The summed E-state index contributed by atoms with van der Waals surface area (Å²) in [4.78, 5) is 34.6. The van der Waals surface area contributed by atoms with Gasteiger partial charge in [0, 0.05) is 12.1 Å². The van der Waals surface area contributed by atoms with E-state index in [2.05, 4.69) is 5.32 Å². The van der Waals surface area contributed by atoms with Crippen molar-refractivity contribution < 1.29 is 28.4 Å². The summed E-state index contributed by atoms with van der Waals surface area (Å²) in [6, 6.07) is 7.26. The van der Waals surface area contributed by atoms with Crippen LogP contribution in [-0.4, -0.2) is 30.0 Å². The zero-order valence-electron chi connectivity index (χ0n) is 14.2. The van der Waals surface area contributed by atoms with Crippen molar-refractivity contribution in [2.24, 2.45) is 0 Å². The van der Waals surface area contributed by atoms with Crippen LogP contribution in [0.3, 0.4) is 0 Å². The summed E-state index contributed by atoms with van der Waals surface area (Å²) in [6.07, 6.45) is -1.34. The lowest BCUT2D eigenvalue weighted by atomic mass is 10.2. The average molecular weight is 397 g/mol. The number of nitro benzene ring substituents is 1. The van der Waals surface area contributed by atoms with Crippen molar-refractivity contribution in [1.29, 1.82) is 0 Å². The van der Waals surface area contributed by atoms with E-state index in [-0.39, 0.29) is 22.1 Å². The highest BCUT2D eigenvalue weighted by Crippen LogP contribution is 2.29. The molecule has 0 spiro atoms. The maximum atomic E-state index is 13.8. The Morgan fingerprint density at radius 1 is 1.30 bits per heavy atom. The van der Waals surface area contributed by atoms with Gasteiger partial charge in [-0.05, 0) is 25.1 Å². The first-order chi connectivity index (χ1) is 12.7. The van der Waals surface area contributed by atoms with Gasteiger partial charge in [-0.3, -0.25) is 14.9 Å². The number of carbonyl (C=O) groups excluding carboxylic acids is 2. The fraction of sp³-hybridized carbons (Fsp3) is 0.176. The van der Waals surface area contributed by atoms with Gasteiger partial charge >= 0.3 is 5.97 Å². The number of non-ortho nitro benzene ring substituents is 1. The third-order valence-corrected chi connectivity index (χ3v) is 3.79. The molecular formula is C17H14ClFN2O6. The van der Waals surface area contributed by atoms with Crippen molar-refractivity contribution >= 4 is 34.9 Å². The molecule has 1 unspecified atom stereocenters. The van der Waals surface area contributed by atoms with Crippen molar-refractivity contribution in [3.63, 3.8) is 0 Å². The zero-order valence-corrected chi connectivity index (χ0v) is 15.0. The van der Waals surface area contributed by atoms with Crippen LogP contribution >= 0.6 is 11.6 Å². The molecule has 0 fully saturated rings. The van der Waals surface area contributed by atoms with Crippen molar-refractivity contribution in [2.45, 2.75) is 13.0 Å². The minimum Gasteiger partial charge on any atom is -0.495 e. The summed E-state index contributed by atoms with van der Waals surface area (Å²) >= 11 is 5.78. The number of hydrogen-bond acceptors (Lipinski definition) is 6. The molecule has 2 aromatic rings. The largest absolute Gasteiger partial charge is 0.495 e. The highest BCUT2D eigenvalue weighted by Gasteiger charge is 2.24. The molecule has 10 heteroatoms. The van der Waals surface area contributed by atoms with Crippen LogP contribution in [0, 0.1) is 15.9 Å².